The van der Waals surface area contributed by atoms with Crippen LogP contribution in [0, 0.1) is 0 Å². The summed E-state index contributed by atoms with van der Waals surface area (Å²) in [6, 6.07) is 4.29. The second-order valence-corrected chi connectivity index (χ2v) is 5.30. The van der Waals surface area contributed by atoms with E-state index in [1.807, 2.05) is 0 Å². The fraction of sp³-hybridized carbons (Fsp3) is 0.692. The van der Waals surface area contributed by atoms with Gasteiger partial charge in [-0.1, -0.05) is 0 Å². The normalized spacial score (nSPS) is 25.6. The van der Waals surface area contributed by atoms with Gasteiger partial charge >= 0.3 is 0 Å². The summed E-state index contributed by atoms with van der Waals surface area (Å²) in [7, 11) is 2.17. The van der Waals surface area contributed by atoms with E-state index in [4.69, 9.17) is 0 Å². The molecule has 2 aliphatic rings. The summed E-state index contributed by atoms with van der Waals surface area (Å²) in [4.78, 5) is 4.66. The molecule has 3 rings (SSSR count). The fourth-order valence-corrected chi connectivity index (χ4v) is 2.79. The van der Waals surface area contributed by atoms with Crippen LogP contribution in [0.3, 0.4) is 0 Å². The lowest BCUT2D eigenvalue weighted by Crippen LogP contribution is -2.44. The first-order valence-electron chi connectivity index (χ1n) is 6.81. The second kappa shape index (κ2) is 5.20. The largest absolute Gasteiger partial charge is 0.353 e. The highest BCUT2D eigenvalue weighted by molar-refractivity contribution is 5.38. The molecule has 0 bridgehead atoms. The molecule has 2 aliphatic heterocycles. The molecule has 1 atom stereocenters. The first-order chi connectivity index (χ1) is 8.83. The molecule has 18 heavy (non-hydrogen) atoms. The molecule has 2 saturated heterocycles. The maximum Gasteiger partial charge on any atom is 0.151 e. The Labute approximate surface area is 108 Å². The van der Waals surface area contributed by atoms with Gasteiger partial charge in [-0.05, 0) is 32.1 Å². The molecule has 2 fully saturated rings. The molecule has 1 aromatic rings. The molecule has 5 heteroatoms. The highest BCUT2D eigenvalue weighted by Gasteiger charge is 2.23. The van der Waals surface area contributed by atoms with E-state index in [0.717, 1.165) is 44.2 Å². The van der Waals surface area contributed by atoms with E-state index in [2.05, 4.69) is 44.5 Å². The van der Waals surface area contributed by atoms with E-state index in [1.54, 1.807) is 0 Å². The summed E-state index contributed by atoms with van der Waals surface area (Å²) < 4.78 is 0. The van der Waals surface area contributed by atoms with Crippen LogP contribution in [-0.2, 0) is 0 Å². The fourth-order valence-electron chi connectivity index (χ4n) is 2.79. The van der Waals surface area contributed by atoms with Gasteiger partial charge in [0.05, 0.1) is 5.69 Å². The highest BCUT2D eigenvalue weighted by Crippen LogP contribution is 2.24. The molecule has 0 radical (unpaired) electrons. The Bertz CT molecular complexity index is 361. The van der Waals surface area contributed by atoms with Gasteiger partial charge in [-0.3, -0.25) is 0 Å². The third-order valence-electron chi connectivity index (χ3n) is 3.92. The summed E-state index contributed by atoms with van der Waals surface area (Å²) >= 11 is 0. The highest BCUT2D eigenvalue weighted by atomic mass is 15.3. The van der Waals surface area contributed by atoms with E-state index in [0.29, 0.717) is 5.92 Å². The maximum atomic E-state index is 4.43. The third-order valence-corrected chi connectivity index (χ3v) is 3.92. The predicted octanol–water partition coefficient (Wildman–Crippen LogP) is 0.305. The van der Waals surface area contributed by atoms with Crippen LogP contribution in [0.5, 0.6) is 0 Å². The molecule has 0 aromatic carbocycles. The van der Waals surface area contributed by atoms with Crippen LogP contribution in [-0.4, -0.2) is 61.4 Å². The smallest absolute Gasteiger partial charge is 0.151 e. The number of likely N-dealkylation sites (N-methyl/N-ethyl adjacent to an activating group) is 1. The summed E-state index contributed by atoms with van der Waals surface area (Å²) in [5.74, 6) is 1.59. The predicted molar refractivity (Wildman–Crippen MR) is 72.0 cm³/mol. The molecule has 1 unspecified atom stereocenters. The zero-order valence-corrected chi connectivity index (χ0v) is 11.0. The molecular formula is C13H21N5. The zero-order valence-electron chi connectivity index (χ0n) is 11.0. The number of nitrogens with zero attached hydrogens (tertiary/aromatic N) is 4. The van der Waals surface area contributed by atoms with Gasteiger partial charge in [0.2, 0.25) is 0 Å². The number of aromatic nitrogens is 2. The van der Waals surface area contributed by atoms with Gasteiger partial charge in [-0.15, -0.1) is 5.10 Å². The van der Waals surface area contributed by atoms with E-state index in [1.165, 1.54) is 13.0 Å². The SMILES string of the molecule is CN1CCC(c2ccc(N3CCNCC3)nn2)C1. The van der Waals surface area contributed by atoms with E-state index >= 15 is 0 Å². The molecule has 5 nitrogen and oxygen atoms in total. The molecular weight excluding hydrogens is 226 g/mol. The summed E-state index contributed by atoms with van der Waals surface area (Å²) in [6.45, 7) is 6.42. The Morgan fingerprint density at radius 1 is 1.17 bits per heavy atom. The van der Waals surface area contributed by atoms with Crippen LogP contribution in [0.25, 0.3) is 0 Å². The van der Waals surface area contributed by atoms with Crippen molar-refractivity contribution in [2.75, 3.05) is 51.2 Å². The Hall–Kier alpha value is -1.20. The summed E-state index contributed by atoms with van der Waals surface area (Å²) in [5, 5.41) is 12.2. The monoisotopic (exact) mass is 247 g/mol. The standard InChI is InChI=1S/C13H21N5/c1-17-7-4-11(10-17)12-2-3-13(16-15-12)18-8-5-14-6-9-18/h2-3,11,14H,4-10H2,1H3. The number of likely N-dealkylation sites (tertiary alicyclic amines) is 1. The molecule has 0 amide bonds. The number of nitrogens with one attached hydrogen (secondary N) is 1. The molecule has 0 spiro atoms. The van der Waals surface area contributed by atoms with Gasteiger partial charge in [-0.25, -0.2) is 0 Å². The molecule has 1 aromatic heterocycles. The average molecular weight is 247 g/mol. The van der Waals surface area contributed by atoms with Gasteiger partial charge in [0.15, 0.2) is 5.82 Å². The van der Waals surface area contributed by atoms with E-state index < -0.39 is 0 Å². The Morgan fingerprint density at radius 2 is 2.00 bits per heavy atom. The third kappa shape index (κ3) is 2.47. The van der Waals surface area contributed by atoms with Crippen molar-refractivity contribution >= 4 is 5.82 Å². The molecule has 1 N–H and O–H groups in total. The number of piperazine rings is 1. The minimum Gasteiger partial charge on any atom is -0.353 e. The van der Waals surface area contributed by atoms with Gasteiger partial charge in [0.1, 0.15) is 0 Å². The lowest BCUT2D eigenvalue weighted by molar-refractivity contribution is 0.410. The van der Waals surface area contributed by atoms with Crippen molar-refractivity contribution in [1.82, 2.24) is 20.4 Å². The minimum atomic E-state index is 0.569. The van der Waals surface area contributed by atoms with Crippen LogP contribution in [0.15, 0.2) is 12.1 Å². The average Bonchev–Trinajstić information content (AvgIpc) is 2.87. The van der Waals surface area contributed by atoms with Crippen LogP contribution in [0.4, 0.5) is 5.82 Å². The Balaban J connectivity index is 1.68. The van der Waals surface area contributed by atoms with Gasteiger partial charge in [0, 0.05) is 38.6 Å². The van der Waals surface area contributed by atoms with E-state index in [-0.39, 0.29) is 0 Å². The minimum absolute atomic E-state index is 0.569. The first-order valence-corrected chi connectivity index (χ1v) is 6.81. The zero-order chi connectivity index (χ0) is 12.4. The van der Waals surface area contributed by atoms with Crippen LogP contribution in [0.2, 0.25) is 0 Å². The van der Waals surface area contributed by atoms with Crippen molar-refractivity contribution in [1.29, 1.82) is 0 Å². The maximum absolute atomic E-state index is 4.43. The quantitative estimate of drug-likeness (QED) is 0.814. The number of hydrogen-bond acceptors (Lipinski definition) is 5. The van der Waals surface area contributed by atoms with Crippen LogP contribution >= 0.6 is 0 Å². The van der Waals surface area contributed by atoms with Crippen molar-refractivity contribution in [3.8, 4) is 0 Å². The van der Waals surface area contributed by atoms with Gasteiger partial charge in [-0.2, -0.15) is 5.10 Å². The Kier molecular flexibility index (Phi) is 3.43. The molecule has 3 heterocycles. The van der Waals surface area contributed by atoms with E-state index in [9.17, 15) is 0 Å². The van der Waals surface area contributed by atoms with Crippen molar-refractivity contribution in [2.45, 2.75) is 12.3 Å². The second-order valence-electron chi connectivity index (χ2n) is 5.30. The van der Waals surface area contributed by atoms with Crippen molar-refractivity contribution in [2.24, 2.45) is 0 Å². The number of hydrogen-bond donors (Lipinski definition) is 1. The van der Waals surface area contributed by atoms with Crippen LogP contribution < -0.4 is 10.2 Å². The van der Waals surface area contributed by atoms with Crippen molar-refractivity contribution in [3.63, 3.8) is 0 Å². The topological polar surface area (TPSA) is 44.3 Å². The van der Waals surface area contributed by atoms with Gasteiger partial charge < -0.3 is 15.1 Å². The molecule has 0 aliphatic carbocycles. The number of rotatable bonds is 2. The first kappa shape index (κ1) is 11.9. The Morgan fingerprint density at radius 3 is 2.61 bits per heavy atom. The lowest BCUT2D eigenvalue weighted by Gasteiger charge is -2.28. The summed E-state index contributed by atoms with van der Waals surface area (Å²) in [6.07, 6.45) is 1.21. The van der Waals surface area contributed by atoms with Crippen molar-refractivity contribution < 1.29 is 0 Å². The summed E-state index contributed by atoms with van der Waals surface area (Å²) in [5.41, 5.74) is 1.15. The molecule has 0 saturated carbocycles. The van der Waals surface area contributed by atoms with Crippen LogP contribution in [0.1, 0.15) is 18.0 Å². The number of anilines is 1. The van der Waals surface area contributed by atoms with Crippen molar-refractivity contribution in [3.05, 3.63) is 17.8 Å². The molecule has 98 valence electrons. The van der Waals surface area contributed by atoms with Gasteiger partial charge in [0.25, 0.3) is 0 Å². The lowest BCUT2D eigenvalue weighted by atomic mass is 10.1.